The number of anilines is 1. The number of aromatic amines is 1. The van der Waals surface area contributed by atoms with E-state index in [1.54, 1.807) is 0 Å². The zero-order chi connectivity index (χ0) is 10.7. The molecule has 0 aliphatic heterocycles. The molecule has 1 aromatic rings. The fraction of sp³-hybridized carbons (Fsp3) is 0.333. The van der Waals surface area contributed by atoms with E-state index in [0.717, 1.165) is 7.11 Å². The Morgan fingerprint density at radius 1 is 1.57 bits per heavy atom. The number of amides is 1. The molecule has 1 rings (SSSR count). The number of hydrogen-bond donors (Lipinski definition) is 2. The molecule has 0 radical (unpaired) electrons. The Bertz CT molecular complexity index is 418. The normalized spacial score (nSPS) is 9.57. The molecule has 0 aliphatic rings. The molecule has 0 bridgehead atoms. The second-order valence-electron chi connectivity index (χ2n) is 2.33. The smallest absolute Gasteiger partial charge is 0.413 e. The van der Waals surface area contributed by atoms with E-state index in [9.17, 15) is 14.4 Å². The third-order valence-electron chi connectivity index (χ3n) is 1.32. The van der Waals surface area contributed by atoms with E-state index in [1.165, 1.54) is 6.92 Å². The average Bonchev–Trinajstić information content (AvgIpc) is 2.46. The van der Waals surface area contributed by atoms with Gasteiger partial charge in [0, 0.05) is 6.92 Å². The molecule has 0 atom stereocenters. The molecule has 8 heteroatoms. The molecule has 1 heterocycles. The summed E-state index contributed by atoms with van der Waals surface area (Å²) in [4.78, 5) is 34.6. The molecule has 0 saturated heterocycles. The lowest BCUT2D eigenvalue weighted by Crippen LogP contribution is -2.22. The number of rotatable bonds is 1. The quantitative estimate of drug-likeness (QED) is 0.630. The van der Waals surface area contributed by atoms with Gasteiger partial charge in [-0.05, 0) is 0 Å². The average molecular weight is 200 g/mol. The van der Waals surface area contributed by atoms with Crippen molar-refractivity contribution >= 4 is 17.9 Å². The van der Waals surface area contributed by atoms with Gasteiger partial charge < -0.3 is 4.74 Å². The number of nitrogens with one attached hydrogen (secondary N) is 2. The van der Waals surface area contributed by atoms with Crippen molar-refractivity contribution in [2.75, 3.05) is 12.4 Å². The minimum absolute atomic E-state index is 0.142. The Labute approximate surface area is 77.9 Å². The number of methoxy groups -OCH3 is 1. The van der Waals surface area contributed by atoms with Crippen LogP contribution in [-0.4, -0.2) is 33.9 Å². The van der Waals surface area contributed by atoms with Gasteiger partial charge in [-0.2, -0.15) is 0 Å². The van der Waals surface area contributed by atoms with Gasteiger partial charge in [0.1, 0.15) is 0 Å². The number of nitrogens with zero attached hydrogens (tertiary/aromatic N) is 2. The Balaban J connectivity index is 2.92. The molecule has 0 spiro atoms. The predicted molar refractivity (Wildman–Crippen MR) is 45.2 cm³/mol. The fourth-order valence-electron chi connectivity index (χ4n) is 0.742. The first-order chi connectivity index (χ1) is 6.54. The molecule has 0 fully saturated rings. The molecule has 14 heavy (non-hydrogen) atoms. The van der Waals surface area contributed by atoms with E-state index in [0.29, 0.717) is 4.68 Å². The summed E-state index contributed by atoms with van der Waals surface area (Å²) in [5, 5.41) is 5.59. The monoisotopic (exact) mass is 200 g/mol. The van der Waals surface area contributed by atoms with Gasteiger partial charge in [0.25, 0.3) is 0 Å². The number of carbonyl (C=O) groups is 2. The predicted octanol–water partition coefficient (Wildman–Crippen LogP) is -0.590. The van der Waals surface area contributed by atoms with Crippen molar-refractivity contribution in [1.82, 2.24) is 14.8 Å². The van der Waals surface area contributed by atoms with Crippen LogP contribution < -0.4 is 11.0 Å². The highest BCUT2D eigenvalue weighted by atomic mass is 16.5. The third-order valence-corrected chi connectivity index (χ3v) is 1.32. The summed E-state index contributed by atoms with van der Waals surface area (Å²) >= 11 is 0. The van der Waals surface area contributed by atoms with Crippen LogP contribution in [0, 0.1) is 0 Å². The molecular weight excluding hydrogens is 192 g/mol. The molecule has 0 aromatic carbocycles. The maximum Gasteiger partial charge on any atom is 0.413 e. The Morgan fingerprint density at radius 2 is 2.21 bits per heavy atom. The van der Waals surface area contributed by atoms with Gasteiger partial charge >= 0.3 is 11.8 Å². The molecule has 8 nitrogen and oxygen atoms in total. The second kappa shape index (κ2) is 3.73. The van der Waals surface area contributed by atoms with Crippen molar-refractivity contribution in [1.29, 1.82) is 0 Å². The van der Waals surface area contributed by atoms with Crippen molar-refractivity contribution in [2.45, 2.75) is 6.92 Å². The second-order valence-corrected chi connectivity index (χ2v) is 2.33. The molecule has 1 aromatic heterocycles. The van der Waals surface area contributed by atoms with Crippen LogP contribution in [0.25, 0.3) is 0 Å². The Kier molecular flexibility index (Phi) is 2.65. The van der Waals surface area contributed by atoms with E-state index in [-0.39, 0.29) is 5.95 Å². The standard InChI is InChI=1S/C6H8N4O4/c1-3(11)10-5(12)7-4(9-10)8-6(13)14-2/h1-2H3,(H2,7,8,9,12,13). The number of H-pyrrole nitrogens is 1. The lowest BCUT2D eigenvalue weighted by Gasteiger charge is -1.96. The first kappa shape index (κ1) is 9.96. The number of ether oxygens (including phenoxy) is 1. The minimum atomic E-state index is -0.783. The van der Waals surface area contributed by atoms with Crippen LogP contribution in [-0.2, 0) is 4.74 Å². The molecule has 76 valence electrons. The molecule has 0 saturated carbocycles. The molecular formula is C6H8N4O4. The van der Waals surface area contributed by atoms with E-state index < -0.39 is 17.7 Å². The summed E-state index contributed by atoms with van der Waals surface area (Å²) in [6.07, 6.45) is -0.783. The maximum absolute atomic E-state index is 11.0. The summed E-state index contributed by atoms with van der Waals surface area (Å²) in [7, 11) is 1.16. The lowest BCUT2D eigenvalue weighted by molar-refractivity contribution is 0.0916. The van der Waals surface area contributed by atoms with Crippen molar-refractivity contribution < 1.29 is 14.3 Å². The van der Waals surface area contributed by atoms with E-state index >= 15 is 0 Å². The van der Waals surface area contributed by atoms with Gasteiger partial charge in [-0.3, -0.25) is 15.1 Å². The van der Waals surface area contributed by atoms with Gasteiger partial charge in [-0.1, -0.05) is 0 Å². The van der Waals surface area contributed by atoms with Crippen LogP contribution in [0.5, 0.6) is 0 Å². The first-order valence-electron chi connectivity index (χ1n) is 3.60. The molecule has 1 amide bonds. The summed E-state index contributed by atoms with van der Waals surface area (Å²) in [6, 6.07) is 0. The lowest BCUT2D eigenvalue weighted by atomic mass is 10.7. The maximum atomic E-state index is 11.0. The highest BCUT2D eigenvalue weighted by molar-refractivity contribution is 5.82. The highest BCUT2D eigenvalue weighted by Gasteiger charge is 2.10. The summed E-state index contributed by atoms with van der Waals surface area (Å²) in [6.45, 7) is 1.17. The molecule has 0 aliphatic carbocycles. The first-order valence-corrected chi connectivity index (χ1v) is 3.60. The van der Waals surface area contributed by atoms with Crippen molar-refractivity contribution in [2.24, 2.45) is 0 Å². The van der Waals surface area contributed by atoms with Gasteiger partial charge in [-0.25, -0.2) is 9.59 Å². The summed E-state index contributed by atoms with van der Waals surface area (Å²) < 4.78 is 4.85. The Morgan fingerprint density at radius 3 is 2.64 bits per heavy atom. The fourth-order valence-corrected chi connectivity index (χ4v) is 0.742. The number of hydrogen-bond acceptors (Lipinski definition) is 5. The van der Waals surface area contributed by atoms with Crippen LogP contribution in [0.2, 0.25) is 0 Å². The van der Waals surface area contributed by atoms with Gasteiger partial charge in [-0.15, -0.1) is 9.78 Å². The van der Waals surface area contributed by atoms with Gasteiger partial charge in [0.2, 0.25) is 11.9 Å². The van der Waals surface area contributed by atoms with Crippen LogP contribution in [0.15, 0.2) is 4.79 Å². The topological polar surface area (TPSA) is 106 Å². The van der Waals surface area contributed by atoms with Gasteiger partial charge in [0.05, 0.1) is 7.11 Å². The van der Waals surface area contributed by atoms with Gasteiger partial charge in [0.15, 0.2) is 0 Å². The van der Waals surface area contributed by atoms with E-state index in [1.807, 2.05) is 0 Å². The van der Waals surface area contributed by atoms with E-state index in [4.69, 9.17) is 0 Å². The summed E-state index contributed by atoms with van der Waals surface area (Å²) in [5.41, 5.74) is -0.719. The van der Waals surface area contributed by atoms with Crippen molar-refractivity contribution in [3.05, 3.63) is 10.5 Å². The summed E-state index contributed by atoms with van der Waals surface area (Å²) in [5.74, 6) is -0.693. The van der Waals surface area contributed by atoms with E-state index in [2.05, 4.69) is 20.1 Å². The third kappa shape index (κ3) is 1.97. The largest absolute Gasteiger partial charge is 0.453 e. The van der Waals surface area contributed by atoms with Crippen LogP contribution in [0.1, 0.15) is 11.7 Å². The Hall–Kier alpha value is -2.12. The minimum Gasteiger partial charge on any atom is -0.453 e. The molecule has 0 unspecified atom stereocenters. The SMILES string of the molecule is COC(=O)Nc1nn(C(C)=O)c(=O)[nH]1. The van der Waals surface area contributed by atoms with Crippen molar-refractivity contribution in [3.8, 4) is 0 Å². The molecule has 2 N–H and O–H groups in total. The van der Waals surface area contributed by atoms with Crippen LogP contribution in [0.4, 0.5) is 10.7 Å². The zero-order valence-corrected chi connectivity index (χ0v) is 7.53. The van der Waals surface area contributed by atoms with Crippen LogP contribution >= 0.6 is 0 Å². The highest BCUT2D eigenvalue weighted by Crippen LogP contribution is 1.92. The zero-order valence-electron chi connectivity index (χ0n) is 7.53. The number of aromatic nitrogens is 3. The number of carbonyl (C=O) groups excluding carboxylic acids is 2. The van der Waals surface area contributed by atoms with Crippen LogP contribution in [0.3, 0.4) is 0 Å². The van der Waals surface area contributed by atoms with Crippen molar-refractivity contribution in [3.63, 3.8) is 0 Å².